The van der Waals surface area contributed by atoms with Crippen LogP contribution in [0.2, 0.25) is 0 Å². The maximum atomic E-state index is 12.7. The molecule has 3 rings (SSSR count). The third kappa shape index (κ3) is 2.91. The number of nitrogens with zero attached hydrogens (tertiary/aromatic N) is 4. The van der Waals surface area contributed by atoms with Crippen molar-refractivity contribution in [3.63, 3.8) is 0 Å². The Labute approximate surface area is 130 Å². The molecule has 118 valence electrons. The monoisotopic (exact) mass is 302 g/mol. The van der Waals surface area contributed by atoms with Gasteiger partial charge in [0.05, 0.1) is 6.04 Å². The predicted octanol–water partition coefficient (Wildman–Crippen LogP) is 1.50. The maximum Gasteiger partial charge on any atom is 0.320 e. The summed E-state index contributed by atoms with van der Waals surface area (Å²) in [5, 5.41) is 0. The van der Waals surface area contributed by atoms with E-state index in [0.29, 0.717) is 13.1 Å². The van der Waals surface area contributed by atoms with Gasteiger partial charge < -0.3 is 14.7 Å². The zero-order valence-corrected chi connectivity index (χ0v) is 12.9. The molecule has 1 aromatic heterocycles. The van der Waals surface area contributed by atoms with E-state index in [9.17, 15) is 9.59 Å². The predicted molar refractivity (Wildman–Crippen MR) is 82.1 cm³/mol. The van der Waals surface area contributed by atoms with Gasteiger partial charge in [-0.3, -0.25) is 9.78 Å². The molecule has 1 unspecified atom stereocenters. The summed E-state index contributed by atoms with van der Waals surface area (Å²) in [6.07, 6.45) is 6.69. The summed E-state index contributed by atoms with van der Waals surface area (Å²) in [5.74, 6) is 0.0391. The lowest BCUT2D eigenvalue weighted by Crippen LogP contribution is -2.45. The minimum atomic E-state index is -0.0525. The Kier molecular flexibility index (Phi) is 4.27. The normalized spacial score (nSPS) is 22.3. The Morgan fingerprint density at radius 1 is 1.32 bits per heavy atom. The molecule has 0 aliphatic carbocycles. The van der Waals surface area contributed by atoms with Gasteiger partial charge in [0.1, 0.15) is 6.54 Å². The molecule has 2 fully saturated rings. The van der Waals surface area contributed by atoms with Crippen LogP contribution in [0.3, 0.4) is 0 Å². The molecule has 0 aromatic carbocycles. The van der Waals surface area contributed by atoms with Crippen LogP contribution < -0.4 is 0 Å². The molecule has 2 saturated heterocycles. The van der Waals surface area contributed by atoms with Gasteiger partial charge in [-0.05, 0) is 30.9 Å². The van der Waals surface area contributed by atoms with Crippen LogP contribution in [-0.4, -0.2) is 64.8 Å². The Morgan fingerprint density at radius 3 is 2.86 bits per heavy atom. The second-order valence-corrected chi connectivity index (χ2v) is 6.01. The minimum Gasteiger partial charge on any atom is -0.334 e. The topological polar surface area (TPSA) is 56.8 Å². The van der Waals surface area contributed by atoms with E-state index in [1.807, 2.05) is 23.2 Å². The summed E-state index contributed by atoms with van der Waals surface area (Å²) in [7, 11) is 1.77. The highest BCUT2D eigenvalue weighted by molar-refractivity contribution is 5.85. The number of hydrogen-bond acceptors (Lipinski definition) is 3. The van der Waals surface area contributed by atoms with Crippen molar-refractivity contribution in [2.75, 3.05) is 33.2 Å². The SMILES string of the molecule is CN1CCN(CC(=O)N2CCCCC2c2cccnc2)C1=O. The van der Waals surface area contributed by atoms with Crippen molar-refractivity contribution in [3.05, 3.63) is 30.1 Å². The highest BCUT2D eigenvalue weighted by atomic mass is 16.2. The van der Waals surface area contributed by atoms with Gasteiger partial charge in [-0.1, -0.05) is 6.07 Å². The molecule has 0 N–H and O–H groups in total. The minimum absolute atomic E-state index is 0.0391. The number of carbonyl (C=O) groups excluding carboxylic acids is 2. The van der Waals surface area contributed by atoms with Crippen molar-refractivity contribution < 1.29 is 9.59 Å². The molecule has 0 bridgehead atoms. The first-order valence-corrected chi connectivity index (χ1v) is 7.86. The molecular weight excluding hydrogens is 280 g/mol. The fourth-order valence-electron chi connectivity index (χ4n) is 3.25. The molecule has 1 atom stereocenters. The van der Waals surface area contributed by atoms with Gasteiger partial charge in [-0.2, -0.15) is 0 Å². The number of likely N-dealkylation sites (N-methyl/N-ethyl adjacent to an activating group) is 1. The number of pyridine rings is 1. The second-order valence-electron chi connectivity index (χ2n) is 6.01. The molecule has 1 aromatic rings. The Balaban J connectivity index is 1.71. The average molecular weight is 302 g/mol. The van der Waals surface area contributed by atoms with E-state index in [1.54, 1.807) is 23.0 Å². The standard InChI is InChI=1S/C16H22N4O2/c1-18-9-10-19(16(18)22)12-15(21)20-8-3-2-6-14(20)13-5-4-7-17-11-13/h4-5,7,11,14H,2-3,6,8-10,12H2,1H3. The molecule has 0 radical (unpaired) electrons. The second kappa shape index (κ2) is 6.34. The first-order chi connectivity index (χ1) is 10.7. The van der Waals surface area contributed by atoms with E-state index in [4.69, 9.17) is 0 Å². The Hall–Kier alpha value is -2.11. The lowest BCUT2D eigenvalue weighted by Gasteiger charge is -2.36. The lowest BCUT2D eigenvalue weighted by molar-refractivity contribution is -0.135. The van der Waals surface area contributed by atoms with Crippen LogP contribution in [0.5, 0.6) is 0 Å². The molecule has 22 heavy (non-hydrogen) atoms. The zero-order valence-electron chi connectivity index (χ0n) is 12.9. The van der Waals surface area contributed by atoms with Gasteiger partial charge >= 0.3 is 6.03 Å². The van der Waals surface area contributed by atoms with Gasteiger partial charge in [0.2, 0.25) is 5.91 Å². The van der Waals surface area contributed by atoms with Crippen LogP contribution in [0, 0.1) is 0 Å². The number of likely N-dealkylation sites (tertiary alicyclic amines) is 1. The van der Waals surface area contributed by atoms with Gasteiger partial charge in [-0.15, -0.1) is 0 Å². The summed E-state index contributed by atoms with van der Waals surface area (Å²) in [4.78, 5) is 34.0. The number of carbonyl (C=O) groups is 2. The highest BCUT2D eigenvalue weighted by Gasteiger charge is 2.32. The van der Waals surface area contributed by atoms with E-state index < -0.39 is 0 Å². The summed E-state index contributed by atoms with van der Waals surface area (Å²) in [5.41, 5.74) is 1.08. The number of rotatable bonds is 3. The summed E-state index contributed by atoms with van der Waals surface area (Å²) in [6, 6.07) is 3.97. The van der Waals surface area contributed by atoms with Gasteiger partial charge in [0.25, 0.3) is 0 Å². The van der Waals surface area contributed by atoms with Crippen molar-refractivity contribution in [2.45, 2.75) is 25.3 Å². The summed E-state index contributed by atoms with van der Waals surface area (Å²) >= 11 is 0. The van der Waals surface area contributed by atoms with E-state index in [-0.39, 0.29) is 24.5 Å². The van der Waals surface area contributed by atoms with Crippen molar-refractivity contribution in [3.8, 4) is 0 Å². The Morgan fingerprint density at radius 2 is 2.18 bits per heavy atom. The van der Waals surface area contributed by atoms with Gasteiger partial charge in [0, 0.05) is 39.1 Å². The molecule has 2 aliphatic heterocycles. The van der Waals surface area contributed by atoms with E-state index in [2.05, 4.69) is 4.98 Å². The smallest absolute Gasteiger partial charge is 0.320 e. The van der Waals surface area contributed by atoms with Crippen LogP contribution in [0.25, 0.3) is 0 Å². The lowest BCUT2D eigenvalue weighted by atomic mass is 9.96. The van der Waals surface area contributed by atoms with E-state index >= 15 is 0 Å². The fraction of sp³-hybridized carbons (Fsp3) is 0.562. The van der Waals surface area contributed by atoms with E-state index in [0.717, 1.165) is 31.4 Å². The van der Waals surface area contributed by atoms with Gasteiger partial charge in [0.15, 0.2) is 0 Å². The van der Waals surface area contributed by atoms with Crippen LogP contribution in [0.4, 0.5) is 4.79 Å². The number of aromatic nitrogens is 1. The van der Waals surface area contributed by atoms with Gasteiger partial charge in [-0.25, -0.2) is 4.79 Å². The molecule has 6 heteroatoms. The highest BCUT2D eigenvalue weighted by Crippen LogP contribution is 2.30. The quantitative estimate of drug-likeness (QED) is 0.850. The number of piperidine rings is 1. The van der Waals surface area contributed by atoms with Crippen molar-refractivity contribution in [2.24, 2.45) is 0 Å². The first-order valence-electron chi connectivity index (χ1n) is 7.86. The molecule has 3 amide bonds. The maximum absolute atomic E-state index is 12.7. The number of urea groups is 1. The van der Waals surface area contributed by atoms with Crippen molar-refractivity contribution in [1.82, 2.24) is 19.7 Å². The molecule has 2 aliphatic rings. The Bertz CT molecular complexity index is 548. The molecule has 0 saturated carbocycles. The van der Waals surface area contributed by atoms with Crippen LogP contribution in [0.15, 0.2) is 24.5 Å². The molecule has 6 nitrogen and oxygen atoms in total. The largest absolute Gasteiger partial charge is 0.334 e. The molecule has 3 heterocycles. The van der Waals surface area contributed by atoms with Crippen LogP contribution >= 0.6 is 0 Å². The zero-order chi connectivity index (χ0) is 15.5. The summed E-state index contributed by atoms with van der Waals surface area (Å²) < 4.78 is 0. The van der Waals surface area contributed by atoms with Crippen molar-refractivity contribution >= 4 is 11.9 Å². The third-order valence-electron chi connectivity index (χ3n) is 4.52. The first kappa shape index (κ1) is 14.8. The number of amides is 3. The molecule has 0 spiro atoms. The average Bonchev–Trinajstić information content (AvgIpc) is 2.88. The summed E-state index contributed by atoms with van der Waals surface area (Å²) in [6.45, 7) is 2.26. The third-order valence-corrected chi connectivity index (χ3v) is 4.52. The molecular formula is C16H22N4O2. The fourth-order valence-corrected chi connectivity index (χ4v) is 3.25. The van der Waals surface area contributed by atoms with Crippen molar-refractivity contribution in [1.29, 1.82) is 0 Å². The van der Waals surface area contributed by atoms with Crippen LogP contribution in [0.1, 0.15) is 30.9 Å². The van der Waals surface area contributed by atoms with Crippen LogP contribution in [-0.2, 0) is 4.79 Å². The van der Waals surface area contributed by atoms with E-state index in [1.165, 1.54) is 0 Å². The number of hydrogen-bond donors (Lipinski definition) is 0.